The number of benzene rings is 1. The minimum atomic E-state index is 0.618. The molecule has 0 aliphatic carbocycles. The molecule has 1 nitrogen and oxygen atoms in total. The zero-order chi connectivity index (χ0) is 15.1. The summed E-state index contributed by atoms with van der Waals surface area (Å²) in [6.07, 6.45) is 3.41. The summed E-state index contributed by atoms with van der Waals surface area (Å²) < 4.78 is 0.890. The first-order chi connectivity index (χ1) is 10.2. The van der Waals surface area contributed by atoms with Crippen molar-refractivity contribution in [2.24, 2.45) is 5.92 Å². The van der Waals surface area contributed by atoms with Crippen molar-refractivity contribution in [3.63, 3.8) is 0 Å². The molecule has 21 heavy (non-hydrogen) atoms. The summed E-state index contributed by atoms with van der Waals surface area (Å²) in [7, 11) is 0. The standard InChI is InChI=1S/C18H24ClNS/c1-3-10-20-13-15(12-17-8-9-18(19)21-17)11-16-7-5-4-6-14(16)2/h4-9,15,20H,3,10-13H2,1-2H3. The highest BCUT2D eigenvalue weighted by Crippen LogP contribution is 2.25. The normalized spacial score (nSPS) is 12.5. The molecule has 0 aliphatic heterocycles. The van der Waals surface area contributed by atoms with Crippen LogP contribution in [0.1, 0.15) is 29.3 Å². The van der Waals surface area contributed by atoms with Gasteiger partial charge in [0.15, 0.2) is 0 Å². The molecule has 1 unspecified atom stereocenters. The van der Waals surface area contributed by atoms with Gasteiger partial charge in [0.1, 0.15) is 0 Å². The van der Waals surface area contributed by atoms with Gasteiger partial charge in [-0.2, -0.15) is 0 Å². The molecular formula is C18H24ClNS. The van der Waals surface area contributed by atoms with Crippen molar-refractivity contribution in [1.29, 1.82) is 0 Å². The van der Waals surface area contributed by atoms with Gasteiger partial charge in [-0.05, 0) is 68.5 Å². The Bertz CT molecular complexity index is 550. The van der Waals surface area contributed by atoms with Gasteiger partial charge in [-0.25, -0.2) is 0 Å². The van der Waals surface area contributed by atoms with Crippen molar-refractivity contribution in [2.75, 3.05) is 13.1 Å². The Kier molecular flexibility index (Phi) is 6.75. The zero-order valence-electron chi connectivity index (χ0n) is 12.9. The molecule has 1 heterocycles. The van der Waals surface area contributed by atoms with Crippen LogP contribution < -0.4 is 5.32 Å². The van der Waals surface area contributed by atoms with E-state index in [2.05, 4.69) is 49.5 Å². The number of rotatable bonds is 8. The van der Waals surface area contributed by atoms with Gasteiger partial charge in [0.2, 0.25) is 0 Å². The molecule has 2 rings (SSSR count). The molecule has 0 fully saturated rings. The van der Waals surface area contributed by atoms with Crippen LogP contribution in [0.3, 0.4) is 0 Å². The van der Waals surface area contributed by atoms with E-state index in [1.54, 1.807) is 11.3 Å². The number of hydrogen-bond donors (Lipinski definition) is 1. The molecule has 1 aromatic carbocycles. The lowest BCUT2D eigenvalue weighted by Gasteiger charge is -2.18. The van der Waals surface area contributed by atoms with Crippen molar-refractivity contribution in [1.82, 2.24) is 5.32 Å². The first kappa shape index (κ1) is 16.5. The summed E-state index contributed by atoms with van der Waals surface area (Å²) >= 11 is 7.77. The summed E-state index contributed by atoms with van der Waals surface area (Å²) in [5, 5.41) is 3.57. The topological polar surface area (TPSA) is 12.0 Å². The second-order valence-electron chi connectivity index (χ2n) is 5.61. The fourth-order valence-corrected chi connectivity index (χ4v) is 3.80. The molecule has 114 valence electrons. The Hall–Kier alpha value is -0.830. The lowest BCUT2D eigenvalue weighted by atomic mass is 9.93. The molecule has 0 radical (unpaired) electrons. The minimum Gasteiger partial charge on any atom is -0.316 e. The van der Waals surface area contributed by atoms with E-state index < -0.39 is 0 Å². The maximum Gasteiger partial charge on any atom is 0.0931 e. The molecule has 1 N–H and O–H groups in total. The van der Waals surface area contributed by atoms with E-state index >= 15 is 0 Å². The van der Waals surface area contributed by atoms with Gasteiger partial charge < -0.3 is 5.32 Å². The van der Waals surface area contributed by atoms with Crippen LogP contribution in [0.15, 0.2) is 36.4 Å². The monoisotopic (exact) mass is 321 g/mol. The van der Waals surface area contributed by atoms with Gasteiger partial charge in [-0.3, -0.25) is 0 Å². The van der Waals surface area contributed by atoms with Crippen LogP contribution in [-0.4, -0.2) is 13.1 Å². The maximum absolute atomic E-state index is 6.06. The first-order valence-electron chi connectivity index (χ1n) is 7.68. The fraction of sp³-hybridized carbons (Fsp3) is 0.444. The van der Waals surface area contributed by atoms with Crippen LogP contribution in [0.2, 0.25) is 4.34 Å². The van der Waals surface area contributed by atoms with E-state index in [0.717, 1.165) is 30.3 Å². The largest absolute Gasteiger partial charge is 0.316 e. The number of thiophene rings is 1. The van der Waals surface area contributed by atoms with Crippen LogP contribution in [0, 0.1) is 12.8 Å². The van der Waals surface area contributed by atoms with Gasteiger partial charge >= 0.3 is 0 Å². The third kappa shape index (κ3) is 5.46. The third-order valence-corrected chi connectivity index (χ3v) is 5.00. The van der Waals surface area contributed by atoms with E-state index in [0.29, 0.717) is 5.92 Å². The average molecular weight is 322 g/mol. The van der Waals surface area contributed by atoms with Gasteiger partial charge in [0.25, 0.3) is 0 Å². The van der Waals surface area contributed by atoms with Gasteiger partial charge in [0, 0.05) is 4.88 Å². The molecule has 0 saturated heterocycles. The van der Waals surface area contributed by atoms with Gasteiger partial charge in [-0.15, -0.1) is 11.3 Å². The lowest BCUT2D eigenvalue weighted by Crippen LogP contribution is -2.26. The molecular weight excluding hydrogens is 298 g/mol. The Morgan fingerprint density at radius 2 is 1.95 bits per heavy atom. The molecule has 0 amide bonds. The first-order valence-corrected chi connectivity index (χ1v) is 8.88. The second-order valence-corrected chi connectivity index (χ2v) is 7.41. The smallest absolute Gasteiger partial charge is 0.0931 e. The van der Waals surface area contributed by atoms with Crippen LogP contribution in [-0.2, 0) is 12.8 Å². The highest BCUT2D eigenvalue weighted by atomic mass is 35.5. The molecule has 0 bridgehead atoms. The van der Waals surface area contributed by atoms with E-state index in [1.165, 1.54) is 22.4 Å². The van der Waals surface area contributed by atoms with Gasteiger partial charge in [0.05, 0.1) is 4.34 Å². The summed E-state index contributed by atoms with van der Waals surface area (Å²) in [4.78, 5) is 1.39. The highest BCUT2D eigenvalue weighted by Gasteiger charge is 2.13. The predicted molar refractivity (Wildman–Crippen MR) is 94.6 cm³/mol. The minimum absolute atomic E-state index is 0.618. The molecule has 0 saturated carbocycles. The fourth-order valence-electron chi connectivity index (χ4n) is 2.60. The molecule has 1 atom stereocenters. The second kappa shape index (κ2) is 8.57. The molecule has 2 aromatic rings. The van der Waals surface area contributed by atoms with E-state index in [4.69, 9.17) is 11.6 Å². The van der Waals surface area contributed by atoms with Crippen LogP contribution >= 0.6 is 22.9 Å². The number of nitrogens with one attached hydrogen (secondary N) is 1. The lowest BCUT2D eigenvalue weighted by molar-refractivity contribution is 0.473. The summed E-state index contributed by atoms with van der Waals surface area (Å²) in [6.45, 7) is 6.57. The molecule has 0 aliphatic rings. The van der Waals surface area contributed by atoms with Crippen LogP contribution in [0.4, 0.5) is 0 Å². The summed E-state index contributed by atoms with van der Waals surface area (Å²) in [6, 6.07) is 12.9. The zero-order valence-corrected chi connectivity index (χ0v) is 14.4. The number of aryl methyl sites for hydroxylation is 1. The van der Waals surface area contributed by atoms with Crippen molar-refractivity contribution in [3.8, 4) is 0 Å². The number of halogens is 1. The Morgan fingerprint density at radius 3 is 2.62 bits per heavy atom. The Morgan fingerprint density at radius 1 is 1.14 bits per heavy atom. The Labute approximate surface area is 137 Å². The predicted octanol–water partition coefficient (Wildman–Crippen LogP) is 5.11. The quantitative estimate of drug-likeness (QED) is 0.666. The summed E-state index contributed by atoms with van der Waals surface area (Å²) in [5.74, 6) is 0.618. The molecule has 1 aromatic heterocycles. The van der Waals surface area contributed by atoms with Crippen LogP contribution in [0.5, 0.6) is 0 Å². The van der Waals surface area contributed by atoms with Crippen molar-refractivity contribution in [2.45, 2.75) is 33.1 Å². The van der Waals surface area contributed by atoms with E-state index in [9.17, 15) is 0 Å². The van der Waals surface area contributed by atoms with Crippen molar-refractivity contribution in [3.05, 3.63) is 56.7 Å². The van der Waals surface area contributed by atoms with Crippen molar-refractivity contribution >= 4 is 22.9 Å². The van der Waals surface area contributed by atoms with E-state index in [1.807, 2.05) is 6.07 Å². The maximum atomic E-state index is 6.06. The van der Waals surface area contributed by atoms with Crippen molar-refractivity contribution < 1.29 is 0 Å². The molecule has 0 spiro atoms. The third-order valence-electron chi connectivity index (χ3n) is 3.75. The number of hydrogen-bond acceptors (Lipinski definition) is 2. The van der Waals surface area contributed by atoms with Crippen LogP contribution in [0.25, 0.3) is 0 Å². The van der Waals surface area contributed by atoms with Gasteiger partial charge in [-0.1, -0.05) is 42.8 Å². The molecule has 3 heteroatoms. The highest BCUT2D eigenvalue weighted by molar-refractivity contribution is 7.16. The Balaban J connectivity index is 2.02. The van der Waals surface area contributed by atoms with E-state index in [-0.39, 0.29) is 0 Å². The average Bonchev–Trinajstić information content (AvgIpc) is 2.87. The summed E-state index contributed by atoms with van der Waals surface area (Å²) in [5.41, 5.74) is 2.85. The SMILES string of the molecule is CCCNCC(Cc1ccc(Cl)s1)Cc1ccccc1C.